The largest absolute Gasteiger partial charge is 0.378 e. The maximum atomic E-state index is 6.28. The van der Waals surface area contributed by atoms with Gasteiger partial charge in [0.05, 0.1) is 12.7 Å². The van der Waals surface area contributed by atoms with Crippen LogP contribution < -0.4 is 5.32 Å². The Hall–Kier alpha value is -0.860. The lowest BCUT2D eigenvalue weighted by molar-refractivity contribution is 0.0126. The summed E-state index contributed by atoms with van der Waals surface area (Å²) in [5.74, 6) is 0.626. The van der Waals surface area contributed by atoms with Gasteiger partial charge in [0.2, 0.25) is 0 Å². The smallest absolute Gasteiger partial charge is 0.0576 e. The molecule has 0 spiro atoms. The number of benzene rings is 1. The van der Waals surface area contributed by atoms with Crippen molar-refractivity contribution >= 4 is 0 Å². The molecular weight excluding hydrogens is 258 g/mol. The predicted molar refractivity (Wildman–Crippen MR) is 87.8 cm³/mol. The molecule has 0 bridgehead atoms. The lowest BCUT2D eigenvalue weighted by Crippen LogP contribution is -2.35. The predicted octanol–water partition coefficient (Wildman–Crippen LogP) is 4.04. The fraction of sp³-hybridized carbons (Fsp3) is 0.684. The Bertz CT molecular complexity index is 437. The number of fused-ring (bicyclic) bond motifs is 1. The summed E-state index contributed by atoms with van der Waals surface area (Å²) in [5.41, 5.74) is 3.10. The Balaban J connectivity index is 1.48. The van der Waals surface area contributed by atoms with E-state index in [1.165, 1.54) is 44.9 Å². The number of hydrogen-bond donors (Lipinski definition) is 1. The zero-order valence-electron chi connectivity index (χ0n) is 13.3. The van der Waals surface area contributed by atoms with Crippen molar-refractivity contribution in [2.75, 3.05) is 13.2 Å². The molecule has 0 aromatic heterocycles. The Morgan fingerprint density at radius 3 is 2.71 bits per heavy atom. The molecule has 116 valence electrons. The minimum Gasteiger partial charge on any atom is -0.378 e. The third-order valence-corrected chi connectivity index (χ3v) is 5.19. The van der Waals surface area contributed by atoms with Crippen LogP contribution in [0, 0.1) is 0 Å². The van der Waals surface area contributed by atoms with Gasteiger partial charge in [-0.05, 0) is 62.6 Å². The number of rotatable bonds is 5. The van der Waals surface area contributed by atoms with Gasteiger partial charge in [-0.2, -0.15) is 0 Å². The minimum atomic E-state index is 0.494. The van der Waals surface area contributed by atoms with Gasteiger partial charge in [0.1, 0.15) is 0 Å². The van der Waals surface area contributed by atoms with Crippen molar-refractivity contribution in [3.05, 3.63) is 35.4 Å². The summed E-state index contributed by atoms with van der Waals surface area (Å²) in [6, 6.07) is 9.68. The molecule has 0 aliphatic heterocycles. The highest BCUT2D eigenvalue weighted by Crippen LogP contribution is 2.32. The molecule has 0 radical (unpaired) electrons. The van der Waals surface area contributed by atoms with Gasteiger partial charge in [0, 0.05) is 12.0 Å². The van der Waals surface area contributed by atoms with E-state index in [0.29, 0.717) is 12.0 Å². The van der Waals surface area contributed by atoms with Crippen LogP contribution in [-0.2, 0) is 11.2 Å². The molecular formula is C19H29NO. The average Bonchev–Trinajstić information content (AvgIpc) is 2.54. The Labute approximate surface area is 129 Å². The van der Waals surface area contributed by atoms with Crippen molar-refractivity contribution in [2.45, 2.75) is 69.9 Å². The van der Waals surface area contributed by atoms with Gasteiger partial charge in [0.15, 0.2) is 0 Å². The van der Waals surface area contributed by atoms with Crippen molar-refractivity contribution < 1.29 is 4.74 Å². The third-order valence-electron chi connectivity index (χ3n) is 5.19. The molecule has 0 heterocycles. The topological polar surface area (TPSA) is 21.3 Å². The Morgan fingerprint density at radius 2 is 1.90 bits per heavy atom. The van der Waals surface area contributed by atoms with Crippen LogP contribution in [0.1, 0.15) is 62.5 Å². The molecule has 1 saturated carbocycles. The fourth-order valence-electron chi connectivity index (χ4n) is 4.00. The van der Waals surface area contributed by atoms with Crippen LogP contribution in [0.3, 0.4) is 0 Å². The average molecular weight is 287 g/mol. The van der Waals surface area contributed by atoms with Crippen LogP contribution >= 0.6 is 0 Å². The van der Waals surface area contributed by atoms with Gasteiger partial charge < -0.3 is 10.1 Å². The molecule has 3 rings (SSSR count). The number of aryl methyl sites for hydroxylation is 1. The van der Waals surface area contributed by atoms with Crippen molar-refractivity contribution in [3.63, 3.8) is 0 Å². The first kappa shape index (κ1) is 15.1. The van der Waals surface area contributed by atoms with E-state index in [4.69, 9.17) is 4.74 Å². The zero-order chi connectivity index (χ0) is 14.5. The molecule has 1 aromatic rings. The molecule has 2 aliphatic rings. The summed E-state index contributed by atoms with van der Waals surface area (Å²) in [5, 5.41) is 3.57. The fourth-order valence-corrected chi connectivity index (χ4v) is 4.00. The quantitative estimate of drug-likeness (QED) is 0.882. The van der Waals surface area contributed by atoms with Crippen LogP contribution in [0.4, 0.5) is 0 Å². The molecule has 1 unspecified atom stereocenters. The first-order valence-corrected chi connectivity index (χ1v) is 8.79. The molecule has 0 amide bonds. The van der Waals surface area contributed by atoms with Crippen molar-refractivity contribution in [1.82, 2.24) is 5.32 Å². The molecule has 21 heavy (non-hydrogen) atoms. The van der Waals surface area contributed by atoms with E-state index < -0.39 is 0 Å². The van der Waals surface area contributed by atoms with Crippen molar-refractivity contribution in [1.29, 1.82) is 0 Å². The number of nitrogens with one attached hydrogen (secondary N) is 1. The SMILES string of the molecule is CCNC1CCC(OCC2CCCc3ccccc32)CC1. The van der Waals surface area contributed by atoms with E-state index >= 15 is 0 Å². The lowest BCUT2D eigenvalue weighted by atomic mass is 9.83. The van der Waals surface area contributed by atoms with Crippen LogP contribution in [-0.4, -0.2) is 25.3 Å². The summed E-state index contributed by atoms with van der Waals surface area (Å²) >= 11 is 0. The van der Waals surface area contributed by atoms with Crippen LogP contribution in [0.25, 0.3) is 0 Å². The second kappa shape index (κ2) is 7.42. The first-order chi connectivity index (χ1) is 10.4. The van der Waals surface area contributed by atoms with Gasteiger partial charge in [-0.15, -0.1) is 0 Å². The van der Waals surface area contributed by atoms with Crippen LogP contribution in [0.15, 0.2) is 24.3 Å². The lowest BCUT2D eigenvalue weighted by Gasteiger charge is -2.31. The second-order valence-corrected chi connectivity index (χ2v) is 6.65. The van der Waals surface area contributed by atoms with E-state index in [9.17, 15) is 0 Å². The van der Waals surface area contributed by atoms with E-state index in [-0.39, 0.29) is 0 Å². The number of ether oxygens (including phenoxy) is 1. The summed E-state index contributed by atoms with van der Waals surface area (Å²) < 4.78 is 6.28. The molecule has 1 fully saturated rings. The maximum absolute atomic E-state index is 6.28. The Morgan fingerprint density at radius 1 is 1.10 bits per heavy atom. The van der Waals surface area contributed by atoms with Gasteiger partial charge in [-0.1, -0.05) is 31.2 Å². The van der Waals surface area contributed by atoms with Crippen LogP contribution in [0.5, 0.6) is 0 Å². The zero-order valence-corrected chi connectivity index (χ0v) is 13.3. The van der Waals surface area contributed by atoms with Gasteiger partial charge in [-0.25, -0.2) is 0 Å². The van der Waals surface area contributed by atoms with Crippen molar-refractivity contribution in [2.24, 2.45) is 0 Å². The van der Waals surface area contributed by atoms with Crippen LogP contribution in [0.2, 0.25) is 0 Å². The highest BCUT2D eigenvalue weighted by atomic mass is 16.5. The van der Waals surface area contributed by atoms with Gasteiger partial charge >= 0.3 is 0 Å². The van der Waals surface area contributed by atoms with Crippen molar-refractivity contribution in [3.8, 4) is 0 Å². The minimum absolute atomic E-state index is 0.494. The normalized spacial score (nSPS) is 29.1. The second-order valence-electron chi connectivity index (χ2n) is 6.65. The van der Waals surface area contributed by atoms with E-state index in [1.807, 2.05) is 0 Å². The Kier molecular flexibility index (Phi) is 5.32. The van der Waals surface area contributed by atoms with Gasteiger partial charge in [0.25, 0.3) is 0 Å². The molecule has 1 atom stereocenters. The monoisotopic (exact) mass is 287 g/mol. The molecule has 1 N–H and O–H groups in total. The highest BCUT2D eigenvalue weighted by Gasteiger charge is 2.24. The maximum Gasteiger partial charge on any atom is 0.0576 e. The third kappa shape index (κ3) is 3.87. The molecule has 2 heteroatoms. The summed E-state index contributed by atoms with van der Waals surface area (Å²) in [6.07, 6.45) is 9.37. The first-order valence-electron chi connectivity index (χ1n) is 8.79. The summed E-state index contributed by atoms with van der Waals surface area (Å²) in [6.45, 7) is 4.21. The summed E-state index contributed by atoms with van der Waals surface area (Å²) in [7, 11) is 0. The van der Waals surface area contributed by atoms with E-state index in [1.54, 1.807) is 11.1 Å². The van der Waals surface area contributed by atoms with E-state index in [2.05, 4.69) is 36.5 Å². The van der Waals surface area contributed by atoms with Gasteiger partial charge in [-0.3, -0.25) is 0 Å². The van der Waals surface area contributed by atoms with E-state index in [0.717, 1.165) is 19.2 Å². The molecule has 0 saturated heterocycles. The highest BCUT2D eigenvalue weighted by molar-refractivity contribution is 5.32. The standard InChI is InChI=1S/C19H29NO/c1-2-20-17-10-12-18(13-11-17)21-14-16-8-5-7-15-6-3-4-9-19(15)16/h3-4,6,9,16-18,20H,2,5,7-8,10-14H2,1H3. The molecule has 1 aromatic carbocycles. The molecule has 2 aliphatic carbocycles. The molecule has 2 nitrogen and oxygen atoms in total. The number of hydrogen-bond acceptors (Lipinski definition) is 2. The summed E-state index contributed by atoms with van der Waals surface area (Å²) in [4.78, 5) is 0.